The number of aliphatic hydroxyl groups is 3. The van der Waals surface area contributed by atoms with E-state index in [0.717, 1.165) is 44.9 Å². The van der Waals surface area contributed by atoms with Gasteiger partial charge in [0.25, 0.3) is 0 Å². The van der Waals surface area contributed by atoms with Crippen LogP contribution in [0.25, 0.3) is 0 Å². The lowest BCUT2D eigenvalue weighted by molar-refractivity contribution is -0.188. The highest BCUT2D eigenvalue weighted by Crippen LogP contribution is 2.74. The molecule has 33 heavy (non-hydrogen) atoms. The third-order valence-corrected chi connectivity index (χ3v) is 10.6. The number of hydrogen-bond acceptors (Lipinski definition) is 5. The fourth-order valence-electron chi connectivity index (χ4n) is 9.37. The van der Waals surface area contributed by atoms with Crippen LogP contribution in [0.5, 0.6) is 0 Å². The van der Waals surface area contributed by atoms with Crippen molar-refractivity contribution in [2.45, 2.75) is 110 Å². The lowest BCUT2D eigenvalue weighted by Crippen LogP contribution is -2.67. The minimum absolute atomic E-state index is 0.0845. The summed E-state index contributed by atoms with van der Waals surface area (Å²) in [7, 11) is 0. The van der Waals surface area contributed by atoms with Crippen molar-refractivity contribution in [1.29, 1.82) is 0 Å². The van der Waals surface area contributed by atoms with Crippen LogP contribution in [0.4, 0.5) is 0 Å². The number of aliphatic hydroxyl groups excluding tert-OH is 3. The normalized spacial score (nSPS) is 49.2. The van der Waals surface area contributed by atoms with Crippen molar-refractivity contribution in [3.63, 3.8) is 0 Å². The Morgan fingerprint density at radius 2 is 1.91 bits per heavy atom. The van der Waals surface area contributed by atoms with Crippen molar-refractivity contribution in [3.8, 4) is 0 Å². The van der Waals surface area contributed by atoms with E-state index in [1.165, 1.54) is 5.57 Å². The van der Waals surface area contributed by atoms with Gasteiger partial charge in [-0.3, -0.25) is 4.79 Å². The van der Waals surface area contributed by atoms with Crippen molar-refractivity contribution >= 4 is 5.97 Å². The monoisotopic (exact) mass is 460 g/mol. The van der Waals surface area contributed by atoms with Crippen LogP contribution in [0.15, 0.2) is 11.6 Å². The molecule has 0 aromatic carbocycles. The first-order chi connectivity index (χ1) is 15.4. The van der Waals surface area contributed by atoms with Crippen molar-refractivity contribution in [3.05, 3.63) is 11.6 Å². The molecule has 0 aromatic heterocycles. The van der Waals surface area contributed by atoms with Gasteiger partial charge in [0.1, 0.15) is 5.60 Å². The average Bonchev–Trinajstić information content (AvgIpc) is 3.05. The third-order valence-electron chi connectivity index (χ3n) is 10.6. The van der Waals surface area contributed by atoms with Crippen LogP contribution in [0, 0.1) is 46.3 Å². The van der Waals surface area contributed by atoms with E-state index in [1.807, 2.05) is 20.8 Å². The molecule has 5 heteroatoms. The molecule has 186 valence electrons. The zero-order valence-corrected chi connectivity index (χ0v) is 21.1. The Morgan fingerprint density at radius 1 is 1.18 bits per heavy atom. The lowest BCUT2D eigenvalue weighted by Gasteiger charge is -2.69. The van der Waals surface area contributed by atoms with Crippen molar-refractivity contribution in [2.75, 3.05) is 0 Å². The number of esters is 1. The maximum absolute atomic E-state index is 12.3. The van der Waals surface area contributed by atoms with Gasteiger partial charge in [0, 0.05) is 11.8 Å². The van der Waals surface area contributed by atoms with Crippen molar-refractivity contribution < 1.29 is 24.9 Å². The van der Waals surface area contributed by atoms with Gasteiger partial charge in [-0.2, -0.15) is 0 Å². The smallest absolute Gasteiger partial charge is 0.306 e. The highest BCUT2D eigenvalue weighted by molar-refractivity contribution is 5.69. The SMILES string of the molecule is CC(CCC(=O)OC(C)(C)C)C1CCC2C3C(O)CC4CC(O)CCC45C=C(C35)C(O)C12C. The summed E-state index contributed by atoms with van der Waals surface area (Å²) in [5.74, 6) is 1.64. The second-order valence-corrected chi connectivity index (χ2v) is 13.4. The van der Waals surface area contributed by atoms with E-state index in [4.69, 9.17) is 4.74 Å². The molecule has 0 amide bonds. The van der Waals surface area contributed by atoms with Gasteiger partial charge in [-0.1, -0.05) is 19.9 Å². The van der Waals surface area contributed by atoms with E-state index in [0.29, 0.717) is 30.1 Å². The summed E-state index contributed by atoms with van der Waals surface area (Å²) in [6.07, 6.45) is 7.97. The number of hydrogen-bond donors (Lipinski definition) is 3. The third kappa shape index (κ3) is 3.47. The summed E-state index contributed by atoms with van der Waals surface area (Å²) in [5.41, 5.74) is 0.534. The molecule has 4 saturated carbocycles. The summed E-state index contributed by atoms with van der Waals surface area (Å²) in [4.78, 5) is 12.3. The minimum atomic E-state index is -0.469. The average molecular weight is 461 g/mol. The van der Waals surface area contributed by atoms with E-state index in [-0.39, 0.29) is 40.8 Å². The molecule has 11 unspecified atom stereocenters. The molecular formula is C28H44O5. The number of carbonyl (C=O) groups is 1. The largest absolute Gasteiger partial charge is 0.460 e. The lowest BCUT2D eigenvalue weighted by atomic mass is 9.36. The van der Waals surface area contributed by atoms with Crippen LogP contribution in [0.3, 0.4) is 0 Å². The molecule has 5 aliphatic rings. The summed E-state index contributed by atoms with van der Waals surface area (Å²) in [5, 5.41) is 33.4. The van der Waals surface area contributed by atoms with E-state index >= 15 is 0 Å². The first-order valence-corrected chi connectivity index (χ1v) is 13.4. The van der Waals surface area contributed by atoms with E-state index in [2.05, 4.69) is 19.9 Å². The number of fused-ring (bicyclic) bond motifs is 2. The van der Waals surface area contributed by atoms with Gasteiger partial charge in [0.15, 0.2) is 0 Å². The molecule has 3 N–H and O–H groups in total. The van der Waals surface area contributed by atoms with Gasteiger partial charge in [0.2, 0.25) is 0 Å². The Bertz CT molecular complexity index is 829. The van der Waals surface area contributed by atoms with Gasteiger partial charge >= 0.3 is 5.97 Å². The van der Waals surface area contributed by atoms with Gasteiger partial charge < -0.3 is 20.1 Å². The maximum Gasteiger partial charge on any atom is 0.306 e. The van der Waals surface area contributed by atoms with Gasteiger partial charge in [-0.15, -0.1) is 0 Å². The molecule has 5 aliphatic carbocycles. The Kier molecular flexibility index (Phi) is 5.63. The molecule has 0 heterocycles. The molecule has 5 rings (SSSR count). The highest BCUT2D eigenvalue weighted by Gasteiger charge is 2.71. The molecule has 4 fully saturated rings. The quantitative estimate of drug-likeness (QED) is 0.432. The summed E-state index contributed by atoms with van der Waals surface area (Å²) in [6, 6.07) is 0. The number of carbonyl (C=O) groups excluding carboxylic acids is 1. The number of rotatable bonds is 4. The summed E-state index contributed by atoms with van der Waals surface area (Å²) in [6.45, 7) is 10.2. The second-order valence-electron chi connectivity index (χ2n) is 13.4. The molecule has 0 bridgehead atoms. The van der Waals surface area contributed by atoms with Crippen LogP contribution in [0.1, 0.15) is 86.0 Å². The van der Waals surface area contributed by atoms with Gasteiger partial charge in [-0.25, -0.2) is 0 Å². The molecule has 1 spiro atoms. The Labute approximate surface area is 199 Å². The topological polar surface area (TPSA) is 87.0 Å². The van der Waals surface area contributed by atoms with E-state index in [1.54, 1.807) is 0 Å². The first kappa shape index (κ1) is 23.8. The standard InChI is InChI=1S/C28H44O5/c1-15(6-9-22(31)33-26(2,3)4)19-7-8-20-23-21(30)13-16-12-17(29)10-11-28(16)14-18(24(23)28)25(32)27(19,20)5/h14-17,19-21,23-25,29-30,32H,6-13H2,1-5H3. The number of allylic oxidation sites excluding steroid dienone is 1. The Balaban J connectivity index is 1.37. The molecule has 0 radical (unpaired) electrons. The van der Waals surface area contributed by atoms with Crippen molar-refractivity contribution in [1.82, 2.24) is 0 Å². The predicted octanol–water partition coefficient (Wildman–Crippen LogP) is 4.24. The van der Waals surface area contributed by atoms with Crippen LogP contribution >= 0.6 is 0 Å². The second kappa shape index (κ2) is 7.80. The number of ether oxygens (including phenoxy) is 1. The zero-order valence-electron chi connectivity index (χ0n) is 21.1. The molecule has 0 aliphatic heterocycles. The Hall–Kier alpha value is -0.910. The molecule has 5 nitrogen and oxygen atoms in total. The van der Waals surface area contributed by atoms with Crippen LogP contribution in [-0.2, 0) is 9.53 Å². The fourth-order valence-corrected chi connectivity index (χ4v) is 9.37. The van der Waals surface area contributed by atoms with E-state index < -0.39 is 11.7 Å². The summed E-state index contributed by atoms with van der Waals surface area (Å²) < 4.78 is 5.52. The molecule has 11 atom stereocenters. The van der Waals surface area contributed by atoms with E-state index in [9.17, 15) is 20.1 Å². The molecule has 0 aromatic rings. The predicted molar refractivity (Wildman–Crippen MR) is 126 cm³/mol. The first-order valence-electron chi connectivity index (χ1n) is 13.4. The fraction of sp³-hybridized carbons (Fsp3) is 0.893. The summed E-state index contributed by atoms with van der Waals surface area (Å²) >= 11 is 0. The van der Waals surface area contributed by atoms with Crippen LogP contribution < -0.4 is 0 Å². The molecular weight excluding hydrogens is 416 g/mol. The molecule has 0 saturated heterocycles. The van der Waals surface area contributed by atoms with Crippen LogP contribution in [0.2, 0.25) is 0 Å². The van der Waals surface area contributed by atoms with Gasteiger partial charge in [0.05, 0.1) is 18.3 Å². The minimum Gasteiger partial charge on any atom is -0.460 e. The highest BCUT2D eigenvalue weighted by atomic mass is 16.6. The van der Waals surface area contributed by atoms with Gasteiger partial charge in [-0.05, 0) is 112 Å². The Morgan fingerprint density at radius 3 is 2.61 bits per heavy atom. The maximum atomic E-state index is 12.3. The zero-order chi connectivity index (χ0) is 23.9. The van der Waals surface area contributed by atoms with Crippen molar-refractivity contribution in [2.24, 2.45) is 46.3 Å². The van der Waals surface area contributed by atoms with Crippen LogP contribution in [-0.4, -0.2) is 45.2 Å².